The Morgan fingerprint density at radius 2 is 2.12 bits per heavy atom. The van der Waals surface area contributed by atoms with Crippen LogP contribution in [0.3, 0.4) is 0 Å². The van der Waals surface area contributed by atoms with Crippen molar-refractivity contribution in [3.05, 3.63) is 43.0 Å². The smallest absolute Gasteiger partial charge is 0.547 e. The Kier molecular flexibility index (Phi) is 7.50. The number of nitrogens with one attached hydrogen (secondary N) is 1. The molecular formula is C16H20N5NaO10. The molecule has 0 amide bonds. The van der Waals surface area contributed by atoms with Gasteiger partial charge in [0.05, 0.1) is 24.7 Å². The Balaban J connectivity index is 0.00000432. The molecule has 1 aromatic heterocycles. The molecule has 1 aromatic rings. The number of azide groups is 1. The van der Waals surface area contributed by atoms with Crippen molar-refractivity contribution >= 4 is 5.97 Å². The fourth-order valence-electron chi connectivity index (χ4n) is 3.29. The summed E-state index contributed by atoms with van der Waals surface area (Å²) in [5.74, 6) is -1.86. The molecule has 0 radical (unpaired) electrons. The van der Waals surface area contributed by atoms with Gasteiger partial charge < -0.3 is 39.4 Å². The molecule has 3 rings (SSSR count). The van der Waals surface area contributed by atoms with Crippen LogP contribution < -0.4 is 45.9 Å². The van der Waals surface area contributed by atoms with E-state index in [0.717, 1.165) is 10.8 Å². The molecule has 2 fully saturated rings. The van der Waals surface area contributed by atoms with Crippen LogP contribution in [0.15, 0.2) is 20.9 Å². The van der Waals surface area contributed by atoms with E-state index >= 15 is 0 Å². The Labute approximate surface area is 205 Å². The van der Waals surface area contributed by atoms with Crippen LogP contribution in [0.4, 0.5) is 0 Å². The van der Waals surface area contributed by atoms with Crippen LogP contribution in [0.5, 0.6) is 0 Å². The van der Waals surface area contributed by atoms with Crippen molar-refractivity contribution in [2.75, 3.05) is 6.61 Å². The van der Waals surface area contributed by atoms with Crippen molar-refractivity contribution in [2.24, 2.45) is 5.11 Å². The van der Waals surface area contributed by atoms with Gasteiger partial charge in [0.25, 0.3) is 5.56 Å². The molecule has 3 heterocycles. The van der Waals surface area contributed by atoms with E-state index in [1.54, 1.807) is 0 Å². The number of rotatable bonds is 6. The third-order valence-electron chi connectivity index (χ3n) is 4.91. The number of aryl methyl sites for hydroxylation is 1. The first-order valence-electron chi connectivity index (χ1n) is 10.4. The second-order valence-electron chi connectivity index (χ2n) is 6.90. The van der Waals surface area contributed by atoms with Crippen LogP contribution in [0.25, 0.3) is 10.4 Å². The number of ether oxygens (including phenoxy) is 3. The molecular weight excluding hydrogens is 445 g/mol. The van der Waals surface area contributed by atoms with Crippen molar-refractivity contribution in [1.29, 1.82) is 0 Å². The average Bonchev–Trinajstić information content (AvgIpc) is 3.13. The second-order valence-corrected chi connectivity index (χ2v) is 6.90. The minimum atomic E-state index is -2.83. The van der Waals surface area contributed by atoms with Crippen molar-refractivity contribution in [3.63, 3.8) is 0 Å². The number of aromatic nitrogens is 2. The topological polar surface area (TPSA) is 232 Å². The van der Waals surface area contributed by atoms with Gasteiger partial charge in [0.2, 0.25) is 0 Å². The number of carboxylic acids is 1. The quantitative estimate of drug-likeness (QED) is 0.133. The molecule has 8 atom stereocenters. The summed E-state index contributed by atoms with van der Waals surface area (Å²) in [5, 5.41) is 44.2. The maximum Gasteiger partial charge on any atom is 1.00 e. The fraction of sp³-hybridized carbons (Fsp3) is 0.688. The van der Waals surface area contributed by atoms with E-state index in [4.69, 9.17) is 23.9 Å². The van der Waals surface area contributed by atoms with Gasteiger partial charge in [-0.05, 0) is 12.4 Å². The zero-order valence-corrected chi connectivity index (χ0v) is 18.6. The van der Waals surface area contributed by atoms with E-state index in [-0.39, 0.29) is 36.0 Å². The normalized spacial score (nSPS) is 36.2. The third kappa shape index (κ3) is 5.40. The summed E-state index contributed by atoms with van der Waals surface area (Å²) in [7, 11) is 0. The summed E-state index contributed by atoms with van der Waals surface area (Å²) in [4.78, 5) is 39.7. The number of carbonyl (C=O) groups is 1. The number of aliphatic carboxylic acids is 1. The van der Waals surface area contributed by atoms with Gasteiger partial charge in [-0.15, -0.1) is 0 Å². The minimum Gasteiger partial charge on any atom is -0.547 e. The third-order valence-corrected chi connectivity index (χ3v) is 4.91. The molecule has 0 saturated carbocycles. The molecule has 32 heavy (non-hydrogen) atoms. The number of nitrogens with zero attached hydrogens (tertiary/aromatic N) is 4. The monoisotopic (exact) mass is 468 g/mol. The Morgan fingerprint density at radius 3 is 2.75 bits per heavy atom. The number of H-pyrrole nitrogens is 1. The van der Waals surface area contributed by atoms with Crippen molar-refractivity contribution in [2.45, 2.75) is 62.4 Å². The maximum absolute atomic E-state index is 12.2. The van der Waals surface area contributed by atoms with Crippen LogP contribution >= 0.6 is 0 Å². The standard InChI is InChI=1S/C16H21N5O10.Na/c1-5-3-21(16(28)18-13(5)25)8-2-6(19-20-17)7(30-8)4-29-15-11(24)9(22)10(23)12(31-15)14(26)27;/h3,6-12,15,22-24H,2,4H2,1H3,(H,26,27)(H,18,25,28);/q;+1/p-1/i1D3;. The first-order chi connectivity index (χ1) is 15.8. The van der Waals surface area contributed by atoms with Gasteiger partial charge in [0.1, 0.15) is 30.6 Å². The van der Waals surface area contributed by atoms with Crippen LogP contribution in [-0.4, -0.2) is 80.3 Å². The SMILES string of the molecule is [2H]C([2H])([2H])c1cn(C2CC(N=[N+]=[N-])C(COC3OC(C(=O)[O-])C(O)C(O)C3O)O2)c(=O)[nH]c1=O.[Na+]. The van der Waals surface area contributed by atoms with E-state index in [9.17, 15) is 34.8 Å². The van der Waals surface area contributed by atoms with E-state index in [1.165, 1.54) is 0 Å². The number of aliphatic hydroxyl groups excluding tert-OH is 3. The van der Waals surface area contributed by atoms with Gasteiger partial charge >= 0.3 is 35.2 Å². The van der Waals surface area contributed by atoms with Gasteiger partial charge in [0.15, 0.2) is 6.29 Å². The molecule has 0 bridgehead atoms. The number of aliphatic hydroxyl groups is 3. The summed E-state index contributed by atoms with van der Waals surface area (Å²) >= 11 is 0. The van der Waals surface area contributed by atoms with Gasteiger partial charge in [-0.1, -0.05) is 5.11 Å². The predicted molar refractivity (Wildman–Crippen MR) is 95.2 cm³/mol. The molecule has 2 saturated heterocycles. The minimum absolute atomic E-state index is 0. The molecule has 0 spiro atoms. The number of hydrogen-bond acceptors (Lipinski definition) is 11. The van der Waals surface area contributed by atoms with Gasteiger partial charge in [-0.25, -0.2) is 4.79 Å². The summed E-state index contributed by atoms with van der Waals surface area (Å²) in [6.07, 6.45) is -11.1. The van der Waals surface area contributed by atoms with Crippen LogP contribution in [0.1, 0.15) is 22.3 Å². The Hall–Kier alpha value is -1.78. The molecule has 170 valence electrons. The van der Waals surface area contributed by atoms with Crippen molar-refractivity contribution < 1.29 is 73.1 Å². The predicted octanol–water partition coefficient (Wildman–Crippen LogP) is -6.61. The van der Waals surface area contributed by atoms with E-state index in [0.29, 0.717) is 0 Å². The molecule has 0 aromatic carbocycles. The van der Waals surface area contributed by atoms with Crippen molar-refractivity contribution in [1.82, 2.24) is 9.55 Å². The van der Waals surface area contributed by atoms with E-state index < -0.39 is 85.3 Å². The molecule has 2 aliphatic rings. The van der Waals surface area contributed by atoms with E-state index in [2.05, 4.69) is 10.0 Å². The summed E-state index contributed by atoms with van der Waals surface area (Å²) in [5.41, 5.74) is 6.08. The zero-order valence-electron chi connectivity index (χ0n) is 19.6. The number of aromatic amines is 1. The largest absolute Gasteiger partial charge is 1.00 e. The number of carbonyl (C=O) groups excluding carboxylic acids is 1. The number of carboxylic acid groups (broad SMARTS) is 1. The summed E-state index contributed by atoms with van der Waals surface area (Å²) in [6.45, 7) is -3.33. The first kappa shape index (κ1) is 22.0. The summed E-state index contributed by atoms with van der Waals surface area (Å²) < 4.78 is 38.9. The van der Waals surface area contributed by atoms with Crippen molar-refractivity contribution in [3.8, 4) is 0 Å². The molecule has 16 heteroatoms. The molecule has 0 aliphatic carbocycles. The average molecular weight is 468 g/mol. The summed E-state index contributed by atoms with van der Waals surface area (Å²) in [6, 6.07) is -0.974. The Morgan fingerprint density at radius 1 is 1.41 bits per heavy atom. The van der Waals surface area contributed by atoms with E-state index in [1.807, 2.05) is 4.98 Å². The molecule has 2 aliphatic heterocycles. The van der Waals surface area contributed by atoms with Crippen LogP contribution in [0, 0.1) is 6.85 Å². The fourth-order valence-corrected chi connectivity index (χ4v) is 3.29. The van der Waals surface area contributed by atoms with Gasteiger partial charge in [0, 0.05) is 27.2 Å². The maximum atomic E-state index is 12.2. The Bertz CT molecular complexity index is 1090. The van der Waals surface area contributed by atoms with Crippen LogP contribution in [-0.2, 0) is 19.0 Å². The molecule has 15 nitrogen and oxygen atoms in total. The molecule has 8 unspecified atom stereocenters. The van der Waals surface area contributed by atoms with Gasteiger partial charge in [-0.2, -0.15) is 0 Å². The van der Waals surface area contributed by atoms with Gasteiger partial charge in [-0.3, -0.25) is 14.3 Å². The number of hydrogen-bond donors (Lipinski definition) is 4. The van der Waals surface area contributed by atoms with Crippen LogP contribution in [0.2, 0.25) is 0 Å². The first-order valence-corrected chi connectivity index (χ1v) is 8.93. The molecule has 4 N–H and O–H groups in total. The zero-order chi connectivity index (χ0) is 25.4. The second kappa shape index (κ2) is 10.9.